The number of furan rings is 1. The summed E-state index contributed by atoms with van der Waals surface area (Å²) in [6.07, 6.45) is 0. The molecule has 47 heavy (non-hydrogen) atoms. The molecule has 0 fully saturated rings. The van der Waals surface area contributed by atoms with E-state index in [1.165, 1.54) is 16.3 Å². The molecule has 0 atom stereocenters. The van der Waals surface area contributed by atoms with E-state index in [4.69, 9.17) is 19.4 Å². The predicted molar refractivity (Wildman–Crippen MR) is 192 cm³/mol. The number of para-hydroxylation sites is 1. The molecule has 0 aliphatic carbocycles. The third-order valence-electron chi connectivity index (χ3n) is 8.74. The summed E-state index contributed by atoms with van der Waals surface area (Å²) in [6.45, 7) is 0. The van der Waals surface area contributed by atoms with Gasteiger partial charge < -0.3 is 4.42 Å². The maximum absolute atomic E-state index is 6.54. The van der Waals surface area contributed by atoms with Gasteiger partial charge in [0.15, 0.2) is 17.5 Å². The molecule has 4 nitrogen and oxygen atoms in total. The van der Waals surface area contributed by atoms with Gasteiger partial charge in [-0.15, -0.1) is 0 Å². The highest BCUT2D eigenvalue weighted by molar-refractivity contribution is 6.10. The zero-order valence-electron chi connectivity index (χ0n) is 25.3. The second kappa shape index (κ2) is 11.2. The van der Waals surface area contributed by atoms with Crippen LogP contribution in [-0.2, 0) is 0 Å². The molecule has 0 aliphatic heterocycles. The zero-order valence-corrected chi connectivity index (χ0v) is 25.3. The molecule has 0 unspecified atom stereocenters. The van der Waals surface area contributed by atoms with Gasteiger partial charge in [-0.1, -0.05) is 146 Å². The minimum absolute atomic E-state index is 0.595. The van der Waals surface area contributed by atoms with E-state index in [0.29, 0.717) is 17.5 Å². The van der Waals surface area contributed by atoms with Crippen LogP contribution in [0.5, 0.6) is 0 Å². The molecule has 4 heteroatoms. The summed E-state index contributed by atoms with van der Waals surface area (Å²) in [7, 11) is 0. The van der Waals surface area contributed by atoms with E-state index in [1.807, 2.05) is 42.5 Å². The normalized spacial score (nSPS) is 11.4. The van der Waals surface area contributed by atoms with Crippen molar-refractivity contribution in [2.75, 3.05) is 0 Å². The number of benzene rings is 7. The summed E-state index contributed by atoms with van der Waals surface area (Å²) in [5.41, 5.74) is 8.90. The molecule has 0 bridgehead atoms. The lowest BCUT2D eigenvalue weighted by Crippen LogP contribution is -2.00. The Morgan fingerprint density at radius 1 is 0.340 bits per heavy atom. The predicted octanol–water partition coefficient (Wildman–Crippen LogP) is 11.3. The minimum atomic E-state index is 0.595. The van der Waals surface area contributed by atoms with Crippen LogP contribution in [0.1, 0.15) is 0 Å². The summed E-state index contributed by atoms with van der Waals surface area (Å²) in [6, 6.07) is 56.4. The van der Waals surface area contributed by atoms with Crippen molar-refractivity contribution in [1.29, 1.82) is 0 Å². The number of hydrogen-bond acceptors (Lipinski definition) is 4. The van der Waals surface area contributed by atoms with Gasteiger partial charge in [0.05, 0.1) is 0 Å². The minimum Gasteiger partial charge on any atom is -0.455 e. The highest BCUT2D eigenvalue weighted by Gasteiger charge is 2.16. The lowest BCUT2D eigenvalue weighted by Gasteiger charge is -2.09. The average molecular weight is 602 g/mol. The number of hydrogen-bond donors (Lipinski definition) is 0. The Hall–Kier alpha value is -6.39. The van der Waals surface area contributed by atoms with Crippen LogP contribution in [0, 0.1) is 0 Å². The van der Waals surface area contributed by atoms with Crippen molar-refractivity contribution in [1.82, 2.24) is 15.0 Å². The highest BCUT2D eigenvalue weighted by atomic mass is 16.3. The largest absolute Gasteiger partial charge is 0.455 e. The Kier molecular flexibility index (Phi) is 6.43. The molecular formula is C43H27N3O. The molecule has 2 aromatic heterocycles. The van der Waals surface area contributed by atoms with Crippen molar-refractivity contribution < 1.29 is 4.42 Å². The van der Waals surface area contributed by atoms with E-state index in [0.717, 1.165) is 55.3 Å². The molecule has 220 valence electrons. The molecule has 0 amide bonds. The van der Waals surface area contributed by atoms with Gasteiger partial charge in [0, 0.05) is 33.0 Å². The smallest absolute Gasteiger partial charge is 0.164 e. The van der Waals surface area contributed by atoms with Crippen LogP contribution in [0.3, 0.4) is 0 Å². The van der Waals surface area contributed by atoms with Crippen LogP contribution in [0.2, 0.25) is 0 Å². The summed E-state index contributed by atoms with van der Waals surface area (Å²) < 4.78 is 6.54. The van der Waals surface area contributed by atoms with Crippen LogP contribution in [0.15, 0.2) is 168 Å². The van der Waals surface area contributed by atoms with E-state index >= 15 is 0 Å². The number of aromatic nitrogens is 3. The van der Waals surface area contributed by atoms with Crippen molar-refractivity contribution in [2.45, 2.75) is 0 Å². The summed E-state index contributed by atoms with van der Waals surface area (Å²) in [4.78, 5) is 14.9. The molecule has 9 aromatic rings. The van der Waals surface area contributed by atoms with Crippen molar-refractivity contribution in [3.63, 3.8) is 0 Å². The second-order valence-electron chi connectivity index (χ2n) is 11.7. The average Bonchev–Trinajstić information content (AvgIpc) is 3.53. The molecule has 0 spiro atoms. The fraction of sp³-hybridized carbons (Fsp3) is 0. The molecular weight excluding hydrogens is 574 g/mol. The first-order chi connectivity index (χ1) is 23.3. The summed E-state index contributed by atoms with van der Waals surface area (Å²) in [5, 5.41) is 4.60. The molecule has 0 saturated heterocycles. The summed E-state index contributed by atoms with van der Waals surface area (Å²) in [5.74, 6) is 1.84. The van der Waals surface area contributed by atoms with Crippen molar-refractivity contribution >= 4 is 32.7 Å². The van der Waals surface area contributed by atoms with Gasteiger partial charge in [0.2, 0.25) is 0 Å². The van der Waals surface area contributed by atoms with Gasteiger partial charge in [0.1, 0.15) is 11.2 Å². The Morgan fingerprint density at radius 2 is 0.915 bits per heavy atom. The van der Waals surface area contributed by atoms with Crippen molar-refractivity contribution in [3.8, 4) is 56.4 Å². The lowest BCUT2D eigenvalue weighted by atomic mass is 10.00. The third-order valence-corrected chi connectivity index (χ3v) is 8.74. The van der Waals surface area contributed by atoms with Crippen LogP contribution in [-0.4, -0.2) is 15.0 Å². The third kappa shape index (κ3) is 4.93. The topological polar surface area (TPSA) is 51.8 Å². The monoisotopic (exact) mass is 601 g/mol. The van der Waals surface area contributed by atoms with Crippen LogP contribution in [0.25, 0.3) is 89.1 Å². The molecule has 0 saturated carbocycles. The van der Waals surface area contributed by atoms with E-state index in [1.54, 1.807) is 0 Å². The van der Waals surface area contributed by atoms with Gasteiger partial charge in [-0.25, -0.2) is 15.0 Å². The number of fused-ring (bicyclic) bond motifs is 4. The van der Waals surface area contributed by atoms with E-state index < -0.39 is 0 Å². The standard InChI is InChI=1S/C43H27N3O/c1-3-11-30(12-4-1)36-16-9-17-38-37-25-24-35(27-39(37)47-40(36)38)43-45-41(31-13-5-2-6-14-31)44-42(46-43)32-21-18-29(19-22-32)34-23-20-28-10-7-8-15-33(28)26-34/h1-27H. The maximum Gasteiger partial charge on any atom is 0.164 e. The maximum atomic E-state index is 6.54. The van der Waals surface area contributed by atoms with Crippen molar-refractivity contribution in [2.24, 2.45) is 0 Å². The quantitative estimate of drug-likeness (QED) is 0.197. The fourth-order valence-electron chi connectivity index (χ4n) is 6.31. The summed E-state index contributed by atoms with van der Waals surface area (Å²) >= 11 is 0. The first-order valence-corrected chi connectivity index (χ1v) is 15.7. The first kappa shape index (κ1) is 27.0. The number of nitrogens with zero attached hydrogens (tertiary/aromatic N) is 3. The van der Waals surface area contributed by atoms with E-state index in [-0.39, 0.29) is 0 Å². The van der Waals surface area contributed by atoms with Gasteiger partial charge >= 0.3 is 0 Å². The number of rotatable bonds is 5. The van der Waals surface area contributed by atoms with E-state index in [2.05, 4.69) is 121 Å². The Bertz CT molecular complexity index is 2550. The molecule has 7 aromatic carbocycles. The molecule has 9 rings (SSSR count). The van der Waals surface area contributed by atoms with E-state index in [9.17, 15) is 0 Å². The Morgan fingerprint density at radius 3 is 1.66 bits per heavy atom. The molecule has 0 radical (unpaired) electrons. The molecule has 0 aliphatic rings. The van der Waals surface area contributed by atoms with Gasteiger partial charge in [-0.2, -0.15) is 0 Å². The fourth-order valence-corrected chi connectivity index (χ4v) is 6.31. The van der Waals surface area contributed by atoms with Crippen molar-refractivity contribution in [3.05, 3.63) is 164 Å². The highest BCUT2D eigenvalue weighted by Crippen LogP contribution is 2.37. The van der Waals surface area contributed by atoms with Crippen LogP contribution < -0.4 is 0 Å². The van der Waals surface area contributed by atoms with Crippen LogP contribution in [0.4, 0.5) is 0 Å². The first-order valence-electron chi connectivity index (χ1n) is 15.7. The zero-order chi connectivity index (χ0) is 31.2. The molecule has 2 heterocycles. The Balaban J connectivity index is 1.14. The molecule has 0 N–H and O–H groups in total. The van der Waals surface area contributed by atoms with Gasteiger partial charge in [-0.05, 0) is 45.7 Å². The van der Waals surface area contributed by atoms with Crippen LogP contribution >= 0.6 is 0 Å². The second-order valence-corrected chi connectivity index (χ2v) is 11.7. The lowest BCUT2D eigenvalue weighted by molar-refractivity contribution is 0.670. The van der Waals surface area contributed by atoms with Gasteiger partial charge in [0.25, 0.3) is 0 Å². The van der Waals surface area contributed by atoms with Gasteiger partial charge in [-0.3, -0.25) is 0 Å². The SMILES string of the molecule is c1ccc(-c2nc(-c3ccc(-c4ccc5ccccc5c4)cc3)nc(-c3ccc4c(c3)oc3c(-c5ccccc5)cccc34)n2)cc1. The Labute approximate surface area is 271 Å².